The number of nitrogens with one attached hydrogen (secondary N) is 3. The highest BCUT2D eigenvalue weighted by Gasteiger charge is 2.28. The average molecular weight is 560 g/mol. The number of sulfone groups is 1. The molecule has 0 spiro atoms. The summed E-state index contributed by atoms with van der Waals surface area (Å²) in [6.07, 6.45) is 1.87. The quantitative estimate of drug-likeness (QED) is 0.211. The number of halogens is 1. The van der Waals surface area contributed by atoms with Crippen LogP contribution in [0.4, 0.5) is 0 Å². The van der Waals surface area contributed by atoms with Crippen molar-refractivity contribution in [1.29, 1.82) is 0 Å². The van der Waals surface area contributed by atoms with Crippen LogP contribution in [0.2, 0.25) is 0 Å². The van der Waals surface area contributed by atoms with Gasteiger partial charge in [0, 0.05) is 51.7 Å². The highest BCUT2D eigenvalue weighted by molar-refractivity contribution is 14.0. The van der Waals surface area contributed by atoms with Crippen LogP contribution in [-0.2, 0) is 19.4 Å². The van der Waals surface area contributed by atoms with Gasteiger partial charge in [-0.2, -0.15) is 0 Å². The maximum Gasteiger partial charge on any atom is 0.222 e. The summed E-state index contributed by atoms with van der Waals surface area (Å²) in [5.74, 6) is 1.34. The molecule has 30 heavy (non-hydrogen) atoms. The van der Waals surface area contributed by atoms with Crippen LogP contribution in [0.1, 0.15) is 33.1 Å². The van der Waals surface area contributed by atoms with Gasteiger partial charge >= 0.3 is 0 Å². The summed E-state index contributed by atoms with van der Waals surface area (Å²) in [6.45, 7) is 9.13. The fourth-order valence-corrected chi connectivity index (χ4v) is 5.46. The minimum absolute atomic E-state index is 0. The van der Waals surface area contributed by atoms with Gasteiger partial charge < -0.3 is 20.7 Å². The van der Waals surface area contributed by atoms with Gasteiger partial charge in [0.2, 0.25) is 5.91 Å². The Balaban J connectivity index is 0.00000450. The molecular formula is C19H38IN5O4S. The maximum absolute atomic E-state index is 12.0. The van der Waals surface area contributed by atoms with E-state index in [-0.39, 0.29) is 53.9 Å². The highest BCUT2D eigenvalue weighted by Crippen LogP contribution is 2.13. The third kappa shape index (κ3) is 10.1. The lowest BCUT2D eigenvalue weighted by Gasteiger charge is -2.35. The summed E-state index contributed by atoms with van der Waals surface area (Å²) in [5.41, 5.74) is 0. The minimum Gasteiger partial charge on any atom is -0.379 e. The Bertz CT molecular complexity index is 653. The third-order valence-corrected chi connectivity index (χ3v) is 7.04. The Morgan fingerprint density at radius 3 is 2.50 bits per heavy atom. The van der Waals surface area contributed by atoms with Crippen molar-refractivity contribution < 1.29 is 17.9 Å². The fourth-order valence-electron chi connectivity index (χ4n) is 3.79. The molecule has 2 fully saturated rings. The lowest BCUT2D eigenvalue weighted by molar-refractivity contribution is -0.121. The van der Waals surface area contributed by atoms with Crippen LogP contribution in [0.5, 0.6) is 0 Å². The third-order valence-electron chi connectivity index (χ3n) is 5.28. The van der Waals surface area contributed by atoms with E-state index < -0.39 is 9.84 Å². The van der Waals surface area contributed by atoms with E-state index in [0.29, 0.717) is 30.9 Å². The molecule has 2 rings (SSSR count). The molecule has 2 aliphatic rings. The lowest BCUT2D eigenvalue weighted by atomic mass is 10.0. The van der Waals surface area contributed by atoms with Crippen molar-refractivity contribution in [3.63, 3.8) is 0 Å². The number of rotatable bonds is 9. The molecule has 2 atom stereocenters. The van der Waals surface area contributed by atoms with Crippen LogP contribution in [0.25, 0.3) is 0 Å². The van der Waals surface area contributed by atoms with Crippen molar-refractivity contribution in [3.05, 3.63) is 0 Å². The van der Waals surface area contributed by atoms with Crippen LogP contribution in [0, 0.1) is 5.92 Å². The van der Waals surface area contributed by atoms with Crippen LogP contribution in [-0.4, -0.2) is 95.2 Å². The predicted octanol–water partition coefficient (Wildman–Crippen LogP) is 0.210. The molecule has 11 heteroatoms. The topological polar surface area (TPSA) is 112 Å². The summed E-state index contributed by atoms with van der Waals surface area (Å²) in [4.78, 5) is 18.8. The number of nitrogens with zero attached hydrogens (tertiary/aromatic N) is 2. The van der Waals surface area contributed by atoms with Gasteiger partial charge in [0.05, 0.1) is 24.7 Å². The smallest absolute Gasteiger partial charge is 0.222 e. The standard InChI is InChI=1S/C19H37N5O4S.HI/c1-15(2)12-17(24-7-9-28-10-8-24)13-22-19(20-3)21-6-4-18(25)23-16-5-11-29(26,27)14-16;/h15-17H,4-14H2,1-3H3,(H,23,25)(H2,20,21,22);1H. The molecular weight excluding hydrogens is 521 g/mol. The lowest BCUT2D eigenvalue weighted by Crippen LogP contribution is -2.51. The number of hydrogen-bond acceptors (Lipinski definition) is 6. The molecule has 0 saturated carbocycles. The molecule has 9 nitrogen and oxygen atoms in total. The Morgan fingerprint density at radius 2 is 1.93 bits per heavy atom. The monoisotopic (exact) mass is 559 g/mol. The predicted molar refractivity (Wildman–Crippen MR) is 130 cm³/mol. The van der Waals surface area contributed by atoms with Gasteiger partial charge in [-0.3, -0.25) is 14.7 Å². The normalized spacial score (nSPS) is 22.9. The Morgan fingerprint density at radius 1 is 1.23 bits per heavy atom. The molecule has 0 aliphatic carbocycles. The SMILES string of the molecule is CN=C(NCCC(=O)NC1CCS(=O)(=O)C1)NCC(CC(C)C)N1CCOCC1.I. The molecule has 2 heterocycles. The first kappa shape index (κ1) is 27.4. The number of hydrogen-bond donors (Lipinski definition) is 3. The fraction of sp³-hybridized carbons (Fsp3) is 0.895. The second-order valence-electron chi connectivity index (χ2n) is 8.23. The summed E-state index contributed by atoms with van der Waals surface area (Å²) >= 11 is 0. The number of carbonyl (C=O) groups is 1. The van der Waals surface area contributed by atoms with Crippen molar-refractivity contribution in [2.45, 2.75) is 45.2 Å². The van der Waals surface area contributed by atoms with Crippen LogP contribution in [0.15, 0.2) is 4.99 Å². The average Bonchev–Trinajstić information content (AvgIpc) is 3.01. The van der Waals surface area contributed by atoms with Gasteiger partial charge in [0.15, 0.2) is 15.8 Å². The van der Waals surface area contributed by atoms with Crippen molar-refractivity contribution >= 4 is 45.7 Å². The number of carbonyl (C=O) groups excluding carboxylic acids is 1. The van der Waals surface area contributed by atoms with E-state index >= 15 is 0 Å². The van der Waals surface area contributed by atoms with Gasteiger partial charge in [-0.25, -0.2) is 8.42 Å². The van der Waals surface area contributed by atoms with Crippen LogP contribution >= 0.6 is 24.0 Å². The molecule has 2 unspecified atom stereocenters. The zero-order valence-electron chi connectivity index (χ0n) is 18.4. The first-order valence-electron chi connectivity index (χ1n) is 10.5. The van der Waals surface area contributed by atoms with Gasteiger partial charge in [-0.1, -0.05) is 13.8 Å². The van der Waals surface area contributed by atoms with Gasteiger partial charge in [-0.15, -0.1) is 24.0 Å². The van der Waals surface area contributed by atoms with Gasteiger partial charge in [-0.05, 0) is 18.8 Å². The summed E-state index contributed by atoms with van der Waals surface area (Å²) in [7, 11) is -1.27. The second-order valence-corrected chi connectivity index (χ2v) is 10.5. The number of guanidine groups is 1. The van der Waals surface area contributed by atoms with Crippen molar-refractivity contribution in [1.82, 2.24) is 20.9 Å². The van der Waals surface area contributed by atoms with E-state index in [9.17, 15) is 13.2 Å². The van der Waals surface area contributed by atoms with Gasteiger partial charge in [0.1, 0.15) is 0 Å². The van der Waals surface area contributed by atoms with Crippen LogP contribution in [0.3, 0.4) is 0 Å². The van der Waals surface area contributed by atoms with Crippen LogP contribution < -0.4 is 16.0 Å². The Hall–Kier alpha value is -0.660. The molecule has 3 N–H and O–H groups in total. The van der Waals surface area contributed by atoms with E-state index in [1.165, 1.54) is 0 Å². The largest absolute Gasteiger partial charge is 0.379 e. The number of amides is 1. The van der Waals surface area contributed by atoms with E-state index in [0.717, 1.165) is 39.3 Å². The molecule has 2 aliphatic heterocycles. The molecule has 176 valence electrons. The van der Waals surface area contributed by atoms with Crippen molar-refractivity contribution in [3.8, 4) is 0 Å². The Labute approximate surface area is 198 Å². The molecule has 2 saturated heterocycles. The molecule has 1 amide bonds. The zero-order chi connectivity index (χ0) is 21.3. The number of ether oxygens (including phenoxy) is 1. The van der Waals surface area contributed by atoms with Crippen molar-refractivity contribution in [2.75, 3.05) is 57.9 Å². The zero-order valence-corrected chi connectivity index (χ0v) is 21.5. The summed E-state index contributed by atoms with van der Waals surface area (Å²) in [6, 6.07) is 0.153. The highest BCUT2D eigenvalue weighted by atomic mass is 127. The van der Waals surface area contributed by atoms with E-state index in [4.69, 9.17) is 4.74 Å². The van der Waals surface area contributed by atoms with E-state index in [2.05, 4.69) is 39.7 Å². The Kier molecular flexibility index (Phi) is 12.5. The summed E-state index contributed by atoms with van der Waals surface area (Å²) < 4.78 is 28.4. The second kappa shape index (κ2) is 13.7. The first-order chi connectivity index (χ1) is 13.8. The van der Waals surface area contributed by atoms with Gasteiger partial charge in [0.25, 0.3) is 0 Å². The molecule has 0 aromatic rings. The number of morpholine rings is 1. The molecule has 0 aromatic heterocycles. The van der Waals surface area contributed by atoms with Crippen molar-refractivity contribution in [2.24, 2.45) is 10.9 Å². The van der Waals surface area contributed by atoms with E-state index in [1.54, 1.807) is 7.05 Å². The minimum atomic E-state index is -2.98. The molecule has 0 radical (unpaired) electrons. The molecule has 0 bridgehead atoms. The number of aliphatic imine (C=N–C) groups is 1. The van der Waals surface area contributed by atoms with E-state index in [1.807, 2.05) is 0 Å². The maximum atomic E-state index is 12.0. The molecule has 0 aromatic carbocycles. The summed E-state index contributed by atoms with van der Waals surface area (Å²) in [5, 5.41) is 9.35. The first-order valence-corrected chi connectivity index (χ1v) is 12.4.